The number of aryl methyl sites for hydroxylation is 1. The van der Waals surface area contributed by atoms with Crippen molar-refractivity contribution in [2.75, 3.05) is 13.2 Å². The van der Waals surface area contributed by atoms with Crippen LogP contribution in [0, 0.1) is 6.92 Å². The minimum atomic E-state index is -0.313. The van der Waals surface area contributed by atoms with Crippen molar-refractivity contribution >= 4 is 5.91 Å². The van der Waals surface area contributed by atoms with Crippen molar-refractivity contribution < 1.29 is 18.7 Å². The van der Waals surface area contributed by atoms with Crippen LogP contribution in [-0.2, 0) is 4.79 Å². The van der Waals surface area contributed by atoms with Gasteiger partial charge in [0.05, 0.1) is 12.6 Å². The van der Waals surface area contributed by atoms with Crippen LogP contribution in [0.5, 0.6) is 11.5 Å². The third-order valence-corrected chi connectivity index (χ3v) is 4.40. The molecule has 1 aromatic heterocycles. The number of amides is 1. The van der Waals surface area contributed by atoms with E-state index in [0.29, 0.717) is 25.3 Å². The van der Waals surface area contributed by atoms with Gasteiger partial charge in [0.15, 0.2) is 11.5 Å². The highest BCUT2D eigenvalue weighted by Gasteiger charge is 2.32. The van der Waals surface area contributed by atoms with Crippen molar-refractivity contribution in [3.8, 4) is 11.5 Å². The molecule has 25 heavy (non-hydrogen) atoms. The molecule has 2 aromatic rings. The van der Waals surface area contributed by atoms with Crippen molar-refractivity contribution in [3.05, 3.63) is 47.9 Å². The number of hydrazine groups is 1. The van der Waals surface area contributed by atoms with Crippen LogP contribution >= 0.6 is 0 Å². The van der Waals surface area contributed by atoms with Crippen molar-refractivity contribution in [1.82, 2.24) is 16.2 Å². The highest BCUT2D eigenvalue weighted by atomic mass is 16.6. The predicted octanol–water partition coefficient (Wildman–Crippen LogP) is 1.45. The summed E-state index contributed by atoms with van der Waals surface area (Å²) in [6.07, 6.45) is 0.431. The summed E-state index contributed by atoms with van der Waals surface area (Å²) in [6, 6.07) is 11.1. The SMILES string of the molecule is Cc1ccc(C2CC(C(=O)NCC3COc4ccccc4O3)NN2)o1. The Hall–Kier alpha value is -2.51. The zero-order valence-corrected chi connectivity index (χ0v) is 14.0. The van der Waals surface area contributed by atoms with E-state index in [9.17, 15) is 4.79 Å². The van der Waals surface area contributed by atoms with Crippen molar-refractivity contribution in [2.45, 2.75) is 31.5 Å². The summed E-state index contributed by atoms with van der Waals surface area (Å²) in [6.45, 7) is 2.72. The fourth-order valence-corrected chi connectivity index (χ4v) is 3.06. The van der Waals surface area contributed by atoms with Crippen molar-refractivity contribution in [1.29, 1.82) is 0 Å². The molecule has 1 saturated heterocycles. The molecule has 0 aliphatic carbocycles. The van der Waals surface area contributed by atoms with Gasteiger partial charge >= 0.3 is 0 Å². The molecular weight excluding hydrogens is 322 g/mol. The van der Waals surface area contributed by atoms with Gasteiger partial charge in [-0.25, -0.2) is 10.9 Å². The number of rotatable bonds is 4. The molecule has 7 heteroatoms. The maximum atomic E-state index is 12.4. The van der Waals surface area contributed by atoms with Gasteiger partial charge in [0.1, 0.15) is 30.3 Å². The first-order chi connectivity index (χ1) is 12.2. The molecule has 0 saturated carbocycles. The number of furan rings is 1. The first-order valence-electron chi connectivity index (χ1n) is 8.42. The van der Waals surface area contributed by atoms with Crippen LogP contribution in [-0.4, -0.2) is 31.2 Å². The summed E-state index contributed by atoms with van der Waals surface area (Å²) < 4.78 is 17.1. The Balaban J connectivity index is 1.27. The molecule has 3 atom stereocenters. The lowest BCUT2D eigenvalue weighted by molar-refractivity contribution is -0.123. The number of ether oxygens (including phenoxy) is 2. The smallest absolute Gasteiger partial charge is 0.238 e. The Labute approximate surface area is 145 Å². The van der Waals surface area contributed by atoms with Crippen LogP contribution in [0.15, 0.2) is 40.8 Å². The van der Waals surface area contributed by atoms with Crippen molar-refractivity contribution in [3.63, 3.8) is 0 Å². The zero-order valence-electron chi connectivity index (χ0n) is 14.0. The van der Waals surface area contributed by atoms with Gasteiger partial charge in [0, 0.05) is 0 Å². The van der Waals surface area contributed by atoms with Crippen LogP contribution in [0.3, 0.4) is 0 Å². The molecule has 0 radical (unpaired) electrons. The molecular formula is C18H21N3O4. The molecule has 4 rings (SSSR count). The second-order valence-electron chi connectivity index (χ2n) is 6.32. The van der Waals surface area contributed by atoms with Gasteiger partial charge in [-0.05, 0) is 37.6 Å². The van der Waals surface area contributed by atoms with E-state index in [1.54, 1.807) is 0 Å². The van der Waals surface area contributed by atoms with E-state index in [4.69, 9.17) is 13.9 Å². The third kappa shape index (κ3) is 3.47. The number of fused-ring (bicyclic) bond motifs is 1. The summed E-state index contributed by atoms with van der Waals surface area (Å²) in [5.41, 5.74) is 6.13. The number of benzene rings is 1. The monoisotopic (exact) mass is 343 g/mol. The largest absolute Gasteiger partial charge is 0.486 e. The molecule has 132 valence electrons. The summed E-state index contributed by atoms with van der Waals surface area (Å²) >= 11 is 0. The first kappa shape index (κ1) is 16.0. The molecule has 1 amide bonds. The minimum Gasteiger partial charge on any atom is -0.486 e. The summed E-state index contributed by atoms with van der Waals surface area (Å²) in [5, 5.41) is 2.93. The Kier molecular flexibility index (Phi) is 4.33. The number of hydrogen-bond donors (Lipinski definition) is 3. The predicted molar refractivity (Wildman–Crippen MR) is 90.2 cm³/mol. The Morgan fingerprint density at radius 1 is 1.20 bits per heavy atom. The highest BCUT2D eigenvalue weighted by Crippen LogP contribution is 2.30. The Morgan fingerprint density at radius 2 is 2.04 bits per heavy atom. The van der Waals surface area contributed by atoms with Gasteiger partial charge in [-0.2, -0.15) is 0 Å². The van der Waals surface area contributed by atoms with Crippen LogP contribution in [0.2, 0.25) is 0 Å². The van der Waals surface area contributed by atoms with Gasteiger partial charge in [-0.3, -0.25) is 4.79 Å². The Morgan fingerprint density at radius 3 is 2.84 bits per heavy atom. The second-order valence-corrected chi connectivity index (χ2v) is 6.32. The quantitative estimate of drug-likeness (QED) is 0.779. The number of carbonyl (C=O) groups excluding carboxylic acids is 1. The van der Waals surface area contributed by atoms with Crippen molar-refractivity contribution in [2.24, 2.45) is 0 Å². The molecule has 2 aliphatic rings. The highest BCUT2D eigenvalue weighted by molar-refractivity contribution is 5.82. The first-order valence-corrected chi connectivity index (χ1v) is 8.42. The van der Waals surface area contributed by atoms with Gasteiger partial charge in [0.2, 0.25) is 5.91 Å². The molecule has 3 heterocycles. The number of para-hydroxylation sites is 2. The van der Waals surface area contributed by atoms with E-state index in [-0.39, 0.29) is 24.1 Å². The van der Waals surface area contributed by atoms with E-state index in [2.05, 4.69) is 16.2 Å². The van der Waals surface area contributed by atoms with E-state index in [1.807, 2.05) is 43.3 Å². The van der Waals surface area contributed by atoms with E-state index < -0.39 is 0 Å². The Bertz CT molecular complexity index is 760. The van der Waals surface area contributed by atoms with Gasteiger partial charge in [0.25, 0.3) is 0 Å². The van der Waals surface area contributed by atoms with E-state index in [1.165, 1.54) is 0 Å². The fraction of sp³-hybridized carbons (Fsp3) is 0.389. The molecule has 2 aliphatic heterocycles. The van der Waals surface area contributed by atoms with Gasteiger partial charge in [-0.15, -0.1) is 0 Å². The number of carbonyl (C=O) groups is 1. The topological polar surface area (TPSA) is 84.8 Å². The van der Waals surface area contributed by atoms with Gasteiger partial charge < -0.3 is 19.2 Å². The molecule has 7 nitrogen and oxygen atoms in total. The van der Waals surface area contributed by atoms with Crippen LogP contribution < -0.4 is 25.6 Å². The number of nitrogens with one attached hydrogen (secondary N) is 3. The minimum absolute atomic E-state index is 0.00871. The average Bonchev–Trinajstić information content (AvgIpc) is 3.28. The van der Waals surface area contributed by atoms with Gasteiger partial charge in [-0.1, -0.05) is 12.1 Å². The zero-order chi connectivity index (χ0) is 17.2. The lowest BCUT2D eigenvalue weighted by Crippen LogP contribution is -2.47. The second kappa shape index (κ2) is 6.78. The van der Waals surface area contributed by atoms with E-state index in [0.717, 1.165) is 17.3 Å². The fourth-order valence-electron chi connectivity index (χ4n) is 3.06. The van der Waals surface area contributed by atoms with E-state index >= 15 is 0 Å². The lowest BCUT2D eigenvalue weighted by atomic mass is 10.1. The maximum Gasteiger partial charge on any atom is 0.238 e. The summed E-state index contributed by atoms with van der Waals surface area (Å²) in [4.78, 5) is 12.4. The molecule has 0 bridgehead atoms. The maximum absolute atomic E-state index is 12.4. The molecule has 3 N–H and O–H groups in total. The molecule has 1 fully saturated rings. The molecule has 3 unspecified atom stereocenters. The van der Waals surface area contributed by atoms with Crippen LogP contribution in [0.4, 0.5) is 0 Å². The summed E-state index contributed by atoms with van der Waals surface area (Å²) in [7, 11) is 0. The standard InChI is InChI=1S/C18H21N3O4/c1-11-6-7-15(24-11)13-8-14(21-20-13)18(22)19-9-12-10-23-16-4-2-3-5-17(16)25-12/h2-7,12-14,20-21H,8-10H2,1H3,(H,19,22). The summed E-state index contributed by atoms with van der Waals surface area (Å²) in [5.74, 6) is 3.08. The van der Waals surface area contributed by atoms with Crippen LogP contribution in [0.1, 0.15) is 24.0 Å². The molecule has 0 spiro atoms. The third-order valence-electron chi connectivity index (χ3n) is 4.40. The van der Waals surface area contributed by atoms with Crippen LogP contribution in [0.25, 0.3) is 0 Å². The molecule has 1 aromatic carbocycles. The number of hydrogen-bond acceptors (Lipinski definition) is 6. The average molecular weight is 343 g/mol. The lowest BCUT2D eigenvalue weighted by Gasteiger charge is -2.26. The normalized spacial score (nSPS) is 24.9.